The number of carbonyl (C=O) groups excluding carboxylic acids is 2. The fourth-order valence-corrected chi connectivity index (χ4v) is 2.11. The predicted octanol–water partition coefficient (Wildman–Crippen LogP) is 2.98. The van der Waals surface area contributed by atoms with Crippen LogP contribution < -0.4 is 15.4 Å². The molecule has 0 aliphatic rings. The summed E-state index contributed by atoms with van der Waals surface area (Å²) in [5.41, 5.74) is 0.524. The second-order valence-corrected chi connectivity index (χ2v) is 5.28. The smallest absolute Gasteiger partial charge is 0.387 e. The third-order valence-corrected chi connectivity index (χ3v) is 3.35. The van der Waals surface area contributed by atoms with Gasteiger partial charge in [0.25, 0.3) is 11.8 Å². The standard InChI is InChI=1S/C18H17F3N2O3/c19-14-4-1-3-13(11-14)17(25)23-10-2-9-22-16(24)12-5-7-15(8-6-12)26-18(20)21/h1,3-8,11,18H,2,9-10H2,(H,22,24)(H,23,25). The van der Waals surface area contributed by atoms with Crippen LogP contribution in [0.25, 0.3) is 0 Å². The van der Waals surface area contributed by atoms with Crippen LogP contribution in [0, 0.1) is 5.82 Å². The van der Waals surface area contributed by atoms with Crippen molar-refractivity contribution in [2.45, 2.75) is 13.0 Å². The number of benzene rings is 2. The SMILES string of the molecule is O=C(NCCCNC(=O)c1cccc(F)c1)c1ccc(OC(F)F)cc1. The molecule has 2 N–H and O–H groups in total. The van der Waals surface area contributed by atoms with E-state index >= 15 is 0 Å². The normalized spacial score (nSPS) is 10.5. The molecule has 8 heteroatoms. The van der Waals surface area contributed by atoms with Crippen molar-refractivity contribution in [1.82, 2.24) is 10.6 Å². The van der Waals surface area contributed by atoms with E-state index in [0.29, 0.717) is 25.1 Å². The molecule has 2 aromatic carbocycles. The van der Waals surface area contributed by atoms with Crippen molar-refractivity contribution in [2.75, 3.05) is 13.1 Å². The lowest BCUT2D eigenvalue weighted by Gasteiger charge is -2.08. The Morgan fingerprint density at radius 2 is 1.54 bits per heavy atom. The maximum absolute atomic E-state index is 13.0. The van der Waals surface area contributed by atoms with Gasteiger partial charge in [0.2, 0.25) is 0 Å². The zero-order valence-electron chi connectivity index (χ0n) is 13.7. The summed E-state index contributed by atoms with van der Waals surface area (Å²) in [5, 5.41) is 5.26. The molecule has 0 spiro atoms. The molecule has 0 aromatic heterocycles. The van der Waals surface area contributed by atoms with Gasteiger partial charge in [-0.1, -0.05) is 6.07 Å². The van der Waals surface area contributed by atoms with Crippen molar-refractivity contribution in [3.05, 3.63) is 65.5 Å². The Balaban J connectivity index is 1.69. The van der Waals surface area contributed by atoms with E-state index < -0.39 is 18.3 Å². The molecule has 0 aliphatic carbocycles. The number of amides is 2. The molecule has 0 fully saturated rings. The van der Waals surface area contributed by atoms with E-state index in [1.54, 1.807) is 0 Å². The van der Waals surface area contributed by atoms with E-state index in [4.69, 9.17) is 0 Å². The van der Waals surface area contributed by atoms with Crippen LogP contribution in [0.15, 0.2) is 48.5 Å². The summed E-state index contributed by atoms with van der Waals surface area (Å²) in [6, 6.07) is 10.6. The molecule has 0 aliphatic heterocycles. The van der Waals surface area contributed by atoms with Gasteiger partial charge >= 0.3 is 6.61 Å². The highest BCUT2D eigenvalue weighted by atomic mass is 19.3. The third-order valence-electron chi connectivity index (χ3n) is 3.35. The van der Waals surface area contributed by atoms with Crippen molar-refractivity contribution in [3.8, 4) is 5.75 Å². The number of hydrogen-bond acceptors (Lipinski definition) is 3. The number of hydrogen-bond donors (Lipinski definition) is 2. The molecule has 0 saturated carbocycles. The molecule has 2 aromatic rings. The molecule has 0 saturated heterocycles. The van der Waals surface area contributed by atoms with Crippen LogP contribution in [0.2, 0.25) is 0 Å². The number of rotatable bonds is 8. The maximum atomic E-state index is 13.0. The minimum Gasteiger partial charge on any atom is -0.435 e. The van der Waals surface area contributed by atoms with Crippen molar-refractivity contribution in [3.63, 3.8) is 0 Å². The van der Waals surface area contributed by atoms with Crippen LogP contribution in [-0.2, 0) is 0 Å². The largest absolute Gasteiger partial charge is 0.435 e. The molecular weight excluding hydrogens is 349 g/mol. The zero-order valence-corrected chi connectivity index (χ0v) is 13.7. The summed E-state index contributed by atoms with van der Waals surface area (Å²) >= 11 is 0. The first-order chi connectivity index (χ1) is 12.5. The molecule has 0 atom stereocenters. The van der Waals surface area contributed by atoms with Gasteiger partial charge in [0.1, 0.15) is 11.6 Å². The highest BCUT2D eigenvalue weighted by molar-refractivity contribution is 5.94. The summed E-state index contributed by atoms with van der Waals surface area (Å²) in [7, 11) is 0. The van der Waals surface area contributed by atoms with Crippen LogP contribution in [0.3, 0.4) is 0 Å². The highest BCUT2D eigenvalue weighted by Crippen LogP contribution is 2.14. The molecule has 0 radical (unpaired) electrons. The fourth-order valence-electron chi connectivity index (χ4n) is 2.11. The van der Waals surface area contributed by atoms with Crippen LogP contribution in [0.4, 0.5) is 13.2 Å². The van der Waals surface area contributed by atoms with Crippen molar-refractivity contribution < 1.29 is 27.5 Å². The molecule has 5 nitrogen and oxygen atoms in total. The summed E-state index contributed by atoms with van der Waals surface area (Å²) in [6.07, 6.45) is 0.472. The Labute approximate surface area is 148 Å². The Hall–Kier alpha value is -3.03. The van der Waals surface area contributed by atoms with Gasteiger partial charge in [-0.2, -0.15) is 8.78 Å². The number of ether oxygens (including phenoxy) is 1. The first-order valence-corrected chi connectivity index (χ1v) is 7.82. The molecule has 0 unspecified atom stereocenters. The van der Waals surface area contributed by atoms with Gasteiger partial charge in [-0.3, -0.25) is 9.59 Å². The van der Waals surface area contributed by atoms with Gasteiger partial charge in [0.05, 0.1) is 0 Å². The molecule has 26 heavy (non-hydrogen) atoms. The Kier molecular flexibility index (Phi) is 7.02. The molecule has 138 valence electrons. The first kappa shape index (κ1) is 19.3. The lowest BCUT2D eigenvalue weighted by Crippen LogP contribution is -2.29. The number of nitrogens with one attached hydrogen (secondary N) is 2. The quantitative estimate of drug-likeness (QED) is 0.706. The van der Waals surface area contributed by atoms with E-state index in [1.165, 1.54) is 42.5 Å². The Morgan fingerprint density at radius 1 is 0.923 bits per heavy atom. The van der Waals surface area contributed by atoms with Gasteiger partial charge in [-0.25, -0.2) is 4.39 Å². The van der Waals surface area contributed by atoms with Crippen molar-refractivity contribution in [1.29, 1.82) is 0 Å². The second-order valence-electron chi connectivity index (χ2n) is 5.28. The second kappa shape index (κ2) is 9.45. The van der Waals surface area contributed by atoms with Gasteiger partial charge in [0.15, 0.2) is 0 Å². The summed E-state index contributed by atoms with van der Waals surface area (Å²) in [4.78, 5) is 23.7. The molecule has 0 heterocycles. The summed E-state index contributed by atoms with van der Waals surface area (Å²) in [5.74, 6) is -1.29. The van der Waals surface area contributed by atoms with Crippen LogP contribution in [-0.4, -0.2) is 31.5 Å². The topological polar surface area (TPSA) is 67.4 Å². The minimum atomic E-state index is -2.92. The first-order valence-electron chi connectivity index (χ1n) is 7.82. The zero-order chi connectivity index (χ0) is 18.9. The number of halogens is 3. The average Bonchev–Trinajstić information content (AvgIpc) is 2.61. The number of alkyl halides is 2. The van der Waals surface area contributed by atoms with Gasteiger partial charge in [-0.05, 0) is 48.9 Å². The van der Waals surface area contributed by atoms with Gasteiger partial charge in [-0.15, -0.1) is 0 Å². The van der Waals surface area contributed by atoms with Crippen LogP contribution in [0.5, 0.6) is 5.75 Å². The van der Waals surface area contributed by atoms with E-state index in [1.807, 2.05) is 0 Å². The lowest BCUT2D eigenvalue weighted by atomic mass is 10.2. The van der Waals surface area contributed by atoms with Crippen molar-refractivity contribution in [2.24, 2.45) is 0 Å². The Morgan fingerprint density at radius 3 is 2.12 bits per heavy atom. The summed E-state index contributed by atoms with van der Waals surface area (Å²) in [6.45, 7) is -2.31. The van der Waals surface area contributed by atoms with Gasteiger partial charge < -0.3 is 15.4 Å². The molecule has 2 amide bonds. The highest BCUT2D eigenvalue weighted by Gasteiger charge is 2.08. The summed E-state index contributed by atoms with van der Waals surface area (Å²) < 4.78 is 41.3. The lowest BCUT2D eigenvalue weighted by molar-refractivity contribution is -0.0498. The Bertz CT molecular complexity index is 752. The third kappa shape index (κ3) is 6.12. The number of carbonyl (C=O) groups is 2. The van der Waals surface area contributed by atoms with Crippen LogP contribution in [0.1, 0.15) is 27.1 Å². The maximum Gasteiger partial charge on any atom is 0.387 e. The van der Waals surface area contributed by atoms with E-state index in [2.05, 4.69) is 15.4 Å². The molecular formula is C18H17F3N2O3. The van der Waals surface area contributed by atoms with E-state index in [0.717, 1.165) is 6.07 Å². The van der Waals surface area contributed by atoms with E-state index in [-0.39, 0.29) is 17.2 Å². The monoisotopic (exact) mass is 366 g/mol. The van der Waals surface area contributed by atoms with Crippen LogP contribution >= 0.6 is 0 Å². The minimum absolute atomic E-state index is 0.0309. The van der Waals surface area contributed by atoms with Crippen molar-refractivity contribution >= 4 is 11.8 Å². The molecule has 0 bridgehead atoms. The van der Waals surface area contributed by atoms with Gasteiger partial charge in [0, 0.05) is 24.2 Å². The molecule has 2 rings (SSSR count). The fraction of sp³-hybridized carbons (Fsp3) is 0.222. The van der Waals surface area contributed by atoms with E-state index in [9.17, 15) is 22.8 Å². The predicted molar refractivity (Wildman–Crippen MR) is 88.8 cm³/mol. The average molecular weight is 366 g/mol.